The van der Waals surface area contributed by atoms with Gasteiger partial charge >= 0.3 is 0 Å². The molecule has 0 heterocycles. The average molecular weight is 639 g/mol. The lowest BCUT2D eigenvalue weighted by molar-refractivity contribution is -0.150. The van der Waals surface area contributed by atoms with Crippen molar-refractivity contribution in [2.24, 2.45) is 23.2 Å². The molecule has 4 fully saturated rings. The first-order chi connectivity index (χ1) is 18.3. The summed E-state index contributed by atoms with van der Waals surface area (Å²) in [6.07, 6.45) is 7.35. The number of nitrogens with one attached hydrogen (secondary N) is 1. The van der Waals surface area contributed by atoms with Crippen LogP contribution in [0, 0.1) is 26.7 Å². The summed E-state index contributed by atoms with van der Waals surface area (Å²) in [5.74, 6) is 2.31. The Hall–Kier alpha value is -1.69. The smallest absolute Gasteiger partial charge is 0.248 e. The molecule has 0 aromatic heterocycles. The van der Waals surface area contributed by atoms with Crippen molar-refractivity contribution in [2.75, 3.05) is 33.4 Å². The fourth-order valence-electron chi connectivity index (χ4n) is 7.91. The number of carbonyl (C=O) groups is 2. The molecule has 1 aromatic rings. The summed E-state index contributed by atoms with van der Waals surface area (Å²) in [7, 11) is 1.51. The number of aliphatic hydroxyl groups excluding tert-OH is 2. The Morgan fingerprint density at radius 1 is 1.13 bits per heavy atom. The molecular weight excluding hydrogens is 599 g/mol. The fraction of sp³-hybridized carbons (Fsp3) is 0.655. The fourth-order valence-corrected chi connectivity index (χ4v) is 8.42. The molecule has 9 heteroatoms. The number of benzene rings is 1. The van der Waals surface area contributed by atoms with Gasteiger partial charge in [0.2, 0.25) is 11.8 Å². The Morgan fingerprint density at radius 3 is 2.39 bits per heavy atom. The van der Waals surface area contributed by atoms with E-state index in [0.717, 1.165) is 40.6 Å². The van der Waals surface area contributed by atoms with Gasteiger partial charge in [0.15, 0.2) is 0 Å². The second kappa shape index (κ2) is 11.8. The third-order valence-electron chi connectivity index (χ3n) is 8.97. The number of carbonyl (C=O) groups excluding carboxylic acids is 2. The van der Waals surface area contributed by atoms with Gasteiger partial charge in [-0.3, -0.25) is 9.59 Å². The molecule has 38 heavy (non-hydrogen) atoms. The van der Waals surface area contributed by atoms with E-state index in [0.29, 0.717) is 17.9 Å². The zero-order chi connectivity index (χ0) is 26.9. The molecule has 0 unspecified atom stereocenters. The molecule has 8 nitrogen and oxygen atoms in total. The van der Waals surface area contributed by atoms with Gasteiger partial charge in [-0.25, -0.2) is 0 Å². The van der Waals surface area contributed by atoms with E-state index in [1.54, 1.807) is 11.0 Å². The van der Waals surface area contributed by atoms with Crippen molar-refractivity contribution in [3.05, 3.63) is 39.5 Å². The Bertz CT molecular complexity index is 1030. The number of rotatable bonds is 10. The summed E-state index contributed by atoms with van der Waals surface area (Å²) < 4.78 is 12.4. The van der Waals surface area contributed by atoms with E-state index >= 15 is 0 Å². The lowest BCUT2D eigenvalue weighted by Gasteiger charge is -2.58. The third kappa shape index (κ3) is 5.90. The number of aliphatic hydroxyl groups is 2. The summed E-state index contributed by atoms with van der Waals surface area (Å²) in [5.41, 5.74) is 0.508. The van der Waals surface area contributed by atoms with Crippen molar-refractivity contribution < 1.29 is 29.3 Å². The minimum absolute atomic E-state index is 0.0590. The van der Waals surface area contributed by atoms with Gasteiger partial charge in [-0.1, -0.05) is 12.1 Å². The first-order valence-electron chi connectivity index (χ1n) is 13.8. The first-order valence-corrected chi connectivity index (χ1v) is 14.9. The highest BCUT2D eigenvalue weighted by Gasteiger charge is 2.53. The molecule has 0 radical (unpaired) electrons. The molecule has 0 aliphatic heterocycles. The second-order valence-corrected chi connectivity index (χ2v) is 13.0. The van der Waals surface area contributed by atoms with Crippen molar-refractivity contribution in [3.8, 4) is 5.75 Å². The topological polar surface area (TPSA) is 108 Å². The molecule has 6 rings (SSSR count). The Kier molecular flexibility index (Phi) is 8.66. The van der Waals surface area contributed by atoms with Gasteiger partial charge in [-0.05, 0) is 102 Å². The van der Waals surface area contributed by atoms with Gasteiger partial charge in [0.25, 0.3) is 0 Å². The van der Waals surface area contributed by atoms with Gasteiger partial charge in [0.1, 0.15) is 24.6 Å². The van der Waals surface area contributed by atoms with E-state index in [1.165, 1.54) is 26.4 Å². The first kappa shape index (κ1) is 27.9. The molecular formula is C29H39IN2O6. The minimum atomic E-state index is -1.02. The predicted molar refractivity (Wildman–Crippen MR) is 150 cm³/mol. The third-order valence-corrected chi connectivity index (χ3v) is 9.86. The van der Waals surface area contributed by atoms with Crippen LogP contribution in [0.1, 0.15) is 44.9 Å². The van der Waals surface area contributed by atoms with Crippen molar-refractivity contribution in [2.45, 2.75) is 63.2 Å². The van der Waals surface area contributed by atoms with Crippen LogP contribution in [0.15, 0.2) is 35.9 Å². The highest BCUT2D eigenvalue weighted by atomic mass is 127. The standard InChI is InChI=1S/C29H39IN2O6/c1-37-16-26(34)32(17-29-13-18-8-19(14-29)10-20(9-18)15-29)23-11-21(28(36)31-6-7-33)12-25(27(23)35)38-24-5-3-2-4-22(24)30/h2-5,12,18-20,23,25,27,33,35H,6-11,13-17H2,1H3,(H,31,36)/t18?,19?,20?,23-,25+,27+,29?/m1/s1. The maximum absolute atomic E-state index is 13.6. The highest BCUT2D eigenvalue weighted by Crippen LogP contribution is 2.60. The molecule has 4 saturated carbocycles. The van der Waals surface area contributed by atoms with Crippen molar-refractivity contribution in [3.63, 3.8) is 0 Å². The molecule has 0 saturated heterocycles. The minimum Gasteiger partial charge on any atom is -0.482 e. The van der Waals surface area contributed by atoms with Crippen LogP contribution in [0.2, 0.25) is 0 Å². The molecule has 2 amide bonds. The second-order valence-electron chi connectivity index (χ2n) is 11.8. The molecule has 1 aromatic carbocycles. The van der Waals surface area contributed by atoms with Gasteiger partial charge in [-0.2, -0.15) is 0 Å². The van der Waals surface area contributed by atoms with Crippen LogP contribution >= 0.6 is 22.6 Å². The SMILES string of the molecule is COCC(=O)N(CC12CC3CC(CC(C3)C1)C2)[C@@H]1CC(C(=O)NCCO)=C[C@H](Oc2ccccc2I)[C@H]1O. The molecule has 208 valence electrons. The van der Waals surface area contributed by atoms with E-state index < -0.39 is 18.2 Å². The van der Waals surface area contributed by atoms with E-state index in [4.69, 9.17) is 9.47 Å². The van der Waals surface area contributed by atoms with E-state index in [2.05, 4.69) is 27.9 Å². The van der Waals surface area contributed by atoms with Crippen LogP contribution in [0.25, 0.3) is 0 Å². The Balaban J connectivity index is 1.45. The van der Waals surface area contributed by atoms with E-state index in [9.17, 15) is 19.8 Å². The van der Waals surface area contributed by atoms with Crippen LogP contribution in [-0.2, 0) is 14.3 Å². The average Bonchev–Trinajstić information content (AvgIpc) is 2.88. The number of hydrogen-bond acceptors (Lipinski definition) is 6. The molecule has 5 aliphatic carbocycles. The zero-order valence-electron chi connectivity index (χ0n) is 22.0. The zero-order valence-corrected chi connectivity index (χ0v) is 24.1. The maximum Gasteiger partial charge on any atom is 0.248 e. The summed E-state index contributed by atoms with van der Waals surface area (Å²) in [5, 5.41) is 23.6. The number of ether oxygens (including phenoxy) is 2. The van der Waals surface area contributed by atoms with Gasteiger partial charge in [-0.15, -0.1) is 0 Å². The normalized spacial score (nSPS) is 33.5. The summed E-state index contributed by atoms with van der Waals surface area (Å²) in [4.78, 5) is 28.4. The van der Waals surface area contributed by atoms with Crippen LogP contribution < -0.4 is 10.1 Å². The van der Waals surface area contributed by atoms with Crippen LogP contribution in [0.3, 0.4) is 0 Å². The summed E-state index contributed by atoms with van der Waals surface area (Å²) >= 11 is 2.18. The van der Waals surface area contributed by atoms with Gasteiger partial charge in [0, 0.05) is 32.2 Å². The van der Waals surface area contributed by atoms with E-state index in [1.807, 2.05) is 24.3 Å². The number of hydrogen-bond donors (Lipinski definition) is 3. The molecule has 0 spiro atoms. The Labute approximate surface area is 238 Å². The maximum atomic E-state index is 13.6. The number of methoxy groups -OCH3 is 1. The molecule has 5 aliphatic rings. The summed E-state index contributed by atoms with van der Waals surface area (Å²) in [6, 6.07) is 6.90. The quantitative estimate of drug-likeness (QED) is 0.341. The largest absolute Gasteiger partial charge is 0.482 e. The molecule has 3 N–H and O–H groups in total. The lowest BCUT2D eigenvalue weighted by atomic mass is 9.49. The van der Waals surface area contributed by atoms with Crippen LogP contribution in [-0.4, -0.2) is 78.6 Å². The molecule has 3 atom stereocenters. The highest BCUT2D eigenvalue weighted by molar-refractivity contribution is 14.1. The number of nitrogens with zero attached hydrogens (tertiary/aromatic N) is 1. The number of amides is 2. The van der Waals surface area contributed by atoms with Gasteiger partial charge in [0.05, 0.1) is 16.2 Å². The van der Waals surface area contributed by atoms with Crippen molar-refractivity contribution in [1.82, 2.24) is 10.2 Å². The van der Waals surface area contributed by atoms with Crippen molar-refractivity contribution in [1.29, 1.82) is 0 Å². The van der Waals surface area contributed by atoms with Gasteiger partial charge < -0.3 is 29.9 Å². The van der Waals surface area contributed by atoms with E-state index in [-0.39, 0.29) is 43.4 Å². The Morgan fingerprint density at radius 2 is 1.79 bits per heavy atom. The number of para-hydroxylation sites is 1. The molecule has 4 bridgehead atoms. The summed E-state index contributed by atoms with van der Waals surface area (Å²) in [6.45, 7) is 0.456. The monoisotopic (exact) mass is 638 g/mol. The van der Waals surface area contributed by atoms with Crippen LogP contribution in [0.5, 0.6) is 5.75 Å². The predicted octanol–water partition coefficient (Wildman–Crippen LogP) is 2.90. The lowest BCUT2D eigenvalue weighted by Crippen LogP contribution is -2.60. The van der Waals surface area contributed by atoms with Crippen molar-refractivity contribution >= 4 is 34.4 Å². The number of halogens is 1. The van der Waals surface area contributed by atoms with Crippen LogP contribution in [0.4, 0.5) is 0 Å².